The zero-order valence-electron chi connectivity index (χ0n) is 26.2. The molecular formula is C40H36O6. The summed E-state index contributed by atoms with van der Waals surface area (Å²) in [4.78, 5) is 22.3. The number of benzene rings is 4. The number of carbonyl (C=O) groups excluding carboxylic acids is 2. The summed E-state index contributed by atoms with van der Waals surface area (Å²) in [7, 11) is 0. The average molecular weight is 613 g/mol. The van der Waals surface area contributed by atoms with Gasteiger partial charge in [-0.15, -0.1) is 0 Å². The van der Waals surface area contributed by atoms with Crippen LogP contribution in [-0.2, 0) is 19.1 Å². The highest BCUT2D eigenvalue weighted by molar-refractivity contribution is 5.93. The molecule has 6 heteroatoms. The van der Waals surface area contributed by atoms with Crippen LogP contribution in [0.5, 0.6) is 11.5 Å². The van der Waals surface area contributed by atoms with Gasteiger partial charge in [0.1, 0.15) is 11.5 Å². The molecule has 0 unspecified atom stereocenters. The molecule has 0 N–H and O–H groups in total. The highest BCUT2D eigenvalue weighted by Crippen LogP contribution is 2.24. The molecule has 0 atom stereocenters. The van der Waals surface area contributed by atoms with Crippen molar-refractivity contribution in [1.29, 1.82) is 0 Å². The number of carbonyl (C=O) groups is 2. The van der Waals surface area contributed by atoms with E-state index in [9.17, 15) is 9.59 Å². The van der Waals surface area contributed by atoms with Crippen molar-refractivity contribution in [3.8, 4) is 35.2 Å². The number of rotatable bonds is 12. The predicted molar refractivity (Wildman–Crippen MR) is 181 cm³/mol. The molecule has 46 heavy (non-hydrogen) atoms. The first-order valence-electron chi connectivity index (χ1n) is 15.0. The van der Waals surface area contributed by atoms with Gasteiger partial charge in [0.15, 0.2) is 0 Å². The zero-order valence-corrected chi connectivity index (χ0v) is 26.2. The van der Waals surface area contributed by atoms with Crippen LogP contribution < -0.4 is 9.47 Å². The lowest BCUT2D eigenvalue weighted by Crippen LogP contribution is -2.07. The highest BCUT2D eigenvalue weighted by atomic mass is 16.5. The molecular weight excluding hydrogens is 576 g/mol. The quantitative estimate of drug-likeness (QED) is 0.0727. The number of hydrogen-bond acceptors (Lipinski definition) is 6. The molecule has 0 bridgehead atoms. The fourth-order valence-electron chi connectivity index (χ4n) is 4.52. The molecule has 0 saturated heterocycles. The molecule has 6 nitrogen and oxygen atoms in total. The molecule has 0 aromatic heterocycles. The Morgan fingerprint density at radius 1 is 0.609 bits per heavy atom. The summed E-state index contributed by atoms with van der Waals surface area (Å²) >= 11 is 0. The van der Waals surface area contributed by atoms with Gasteiger partial charge in [-0.05, 0) is 84.3 Å². The van der Waals surface area contributed by atoms with Crippen molar-refractivity contribution in [1.82, 2.24) is 0 Å². The number of fused-ring (bicyclic) bond motifs is 1. The average Bonchev–Trinajstić information content (AvgIpc) is 3.07. The first-order valence-corrected chi connectivity index (χ1v) is 15.0. The van der Waals surface area contributed by atoms with Gasteiger partial charge >= 0.3 is 11.9 Å². The first kappa shape index (κ1) is 33.2. The Morgan fingerprint density at radius 2 is 1.04 bits per heavy atom. The van der Waals surface area contributed by atoms with E-state index in [4.69, 9.17) is 18.9 Å². The topological polar surface area (TPSA) is 71.1 Å². The van der Waals surface area contributed by atoms with E-state index in [0.29, 0.717) is 26.1 Å². The minimum Gasteiger partial charge on any atom is -0.493 e. The molecule has 0 radical (unpaired) electrons. The monoisotopic (exact) mass is 612 g/mol. The van der Waals surface area contributed by atoms with Crippen molar-refractivity contribution in [2.24, 2.45) is 0 Å². The number of esters is 2. The van der Waals surface area contributed by atoms with Crippen molar-refractivity contribution in [3.63, 3.8) is 0 Å². The SMILES string of the molecule is C=CC(=O)OCCCOc1ccc(C#Cc2ccc(C#Cc3ccc(OCCCOC(=O)C=C)c(C)c3)c3ccccc23)cc1C. The third-order valence-corrected chi connectivity index (χ3v) is 6.87. The molecule has 0 fully saturated rings. The smallest absolute Gasteiger partial charge is 0.330 e. The summed E-state index contributed by atoms with van der Waals surface area (Å²) in [6, 6.07) is 23.9. The molecule has 232 valence electrons. The largest absolute Gasteiger partial charge is 0.493 e. The third-order valence-electron chi connectivity index (χ3n) is 6.87. The van der Waals surface area contributed by atoms with Gasteiger partial charge < -0.3 is 18.9 Å². The number of ether oxygens (including phenoxy) is 4. The van der Waals surface area contributed by atoms with E-state index in [1.807, 2.05) is 74.5 Å². The van der Waals surface area contributed by atoms with Gasteiger partial charge in [0.25, 0.3) is 0 Å². The van der Waals surface area contributed by atoms with Crippen LogP contribution in [0.25, 0.3) is 10.8 Å². The van der Waals surface area contributed by atoms with Crippen LogP contribution in [0.3, 0.4) is 0 Å². The normalized spacial score (nSPS) is 10.0. The Kier molecular flexibility index (Phi) is 12.2. The second-order valence-corrected chi connectivity index (χ2v) is 10.3. The lowest BCUT2D eigenvalue weighted by atomic mass is 9.99. The third kappa shape index (κ3) is 9.64. The van der Waals surface area contributed by atoms with E-state index < -0.39 is 11.9 Å². The summed E-state index contributed by atoms with van der Waals surface area (Å²) in [5.74, 6) is 13.9. The standard InChI is InChI=1S/C40H36O6/c1-5-39(41)45-25-9-23-43-37-21-15-31(27-29(37)3)13-17-33-19-20-34(36-12-8-7-11-35(33)36)18-14-32-16-22-38(30(4)28-32)44-24-10-26-46-40(42)6-2/h5-8,11-12,15-16,19-22,27-28H,1-2,9-10,23-26H2,3-4H3. The summed E-state index contributed by atoms with van der Waals surface area (Å²) in [5.41, 5.74) is 5.57. The van der Waals surface area contributed by atoms with Crippen molar-refractivity contribution >= 4 is 22.7 Å². The first-order chi connectivity index (χ1) is 22.4. The van der Waals surface area contributed by atoms with Crippen LogP contribution in [-0.4, -0.2) is 38.4 Å². The zero-order chi connectivity index (χ0) is 32.7. The molecule has 4 aromatic rings. The predicted octanol–water partition coefficient (Wildman–Crippen LogP) is 7.25. The Labute approximate surface area is 270 Å². The minimum absolute atomic E-state index is 0.286. The maximum Gasteiger partial charge on any atom is 0.330 e. The van der Waals surface area contributed by atoms with Gasteiger partial charge in [0.05, 0.1) is 26.4 Å². The lowest BCUT2D eigenvalue weighted by molar-refractivity contribution is -0.138. The van der Waals surface area contributed by atoms with Crippen LogP contribution in [0, 0.1) is 37.5 Å². The van der Waals surface area contributed by atoms with Gasteiger partial charge in [-0.25, -0.2) is 9.59 Å². The minimum atomic E-state index is -0.432. The molecule has 0 heterocycles. The Hall–Kier alpha value is -5.72. The molecule has 4 rings (SSSR count). The summed E-state index contributed by atoms with van der Waals surface area (Å²) in [6.45, 7) is 12.2. The Bertz CT molecular complexity index is 1730. The fraction of sp³-hybridized carbons (Fsp3) is 0.200. The second kappa shape index (κ2) is 16.9. The van der Waals surface area contributed by atoms with E-state index in [2.05, 4.69) is 49.0 Å². The van der Waals surface area contributed by atoms with Gasteiger partial charge in [0.2, 0.25) is 0 Å². The Morgan fingerprint density at radius 3 is 1.43 bits per heavy atom. The second-order valence-electron chi connectivity index (χ2n) is 10.3. The summed E-state index contributed by atoms with van der Waals surface area (Å²) in [6.07, 6.45) is 3.48. The molecule has 0 saturated carbocycles. The van der Waals surface area contributed by atoms with E-state index >= 15 is 0 Å². The summed E-state index contributed by atoms with van der Waals surface area (Å²) < 4.78 is 21.6. The van der Waals surface area contributed by atoms with Gasteiger partial charge in [-0.1, -0.05) is 61.1 Å². The van der Waals surface area contributed by atoms with Crippen molar-refractivity contribution in [3.05, 3.63) is 131 Å². The Balaban J connectivity index is 1.41. The van der Waals surface area contributed by atoms with E-state index in [0.717, 1.165) is 67.8 Å². The molecule has 4 aromatic carbocycles. The molecule has 0 aliphatic heterocycles. The molecule has 0 spiro atoms. The van der Waals surface area contributed by atoms with Crippen molar-refractivity contribution < 1.29 is 28.5 Å². The number of hydrogen-bond donors (Lipinski definition) is 0. The fourth-order valence-corrected chi connectivity index (χ4v) is 4.52. The van der Waals surface area contributed by atoms with E-state index in [-0.39, 0.29) is 13.2 Å². The maximum atomic E-state index is 11.1. The maximum absolute atomic E-state index is 11.1. The lowest BCUT2D eigenvalue weighted by Gasteiger charge is -2.09. The van der Waals surface area contributed by atoms with Gasteiger partial charge in [-0.2, -0.15) is 0 Å². The van der Waals surface area contributed by atoms with Crippen LogP contribution >= 0.6 is 0 Å². The molecule has 0 aliphatic rings. The van der Waals surface area contributed by atoms with Crippen molar-refractivity contribution in [2.75, 3.05) is 26.4 Å². The van der Waals surface area contributed by atoms with Crippen molar-refractivity contribution in [2.45, 2.75) is 26.7 Å². The van der Waals surface area contributed by atoms with Gasteiger partial charge in [0, 0.05) is 47.2 Å². The van der Waals surface area contributed by atoms with Gasteiger partial charge in [-0.3, -0.25) is 0 Å². The summed E-state index contributed by atoms with van der Waals surface area (Å²) in [5, 5.41) is 2.07. The molecule has 0 aliphatic carbocycles. The van der Waals surface area contributed by atoms with Crippen LogP contribution in [0.1, 0.15) is 46.2 Å². The van der Waals surface area contributed by atoms with E-state index in [1.165, 1.54) is 0 Å². The van der Waals surface area contributed by atoms with Crippen LogP contribution in [0.2, 0.25) is 0 Å². The molecule has 0 amide bonds. The number of aryl methyl sites for hydroxylation is 2. The van der Waals surface area contributed by atoms with E-state index in [1.54, 1.807) is 0 Å². The van der Waals surface area contributed by atoms with Crippen LogP contribution in [0.15, 0.2) is 98.1 Å². The van der Waals surface area contributed by atoms with Crippen LogP contribution in [0.4, 0.5) is 0 Å². The highest BCUT2D eigenvalue weighted by Gasteiger charge is 2.05.